The highest BCUT2D eigenvalue weighted by molar-refractivity contribution is 7.90. The Morgan fingerprint density at radius 3 is 2.09 bits per heavy atom. The molecule has 32 heavy (non-hydrogen) atoms. The molecule has 0 saturated heterocycles. The molecule has 11 heteroatoms. The first-order valence-corrected chi connectivity index (χ1v) is 11.9. The van der Waals surface area contributed by atoms with Crippen molar-refractivity contribution < 1.29 is 32.3 Å². The highest BCUT2D eigenvalue weighted by Crippen LogP contribution is 2.36. The Hall–Kier alpha value is -3.11. The maximum atomic E-state index is 13.2. The quantitative estimate of drug-likeness (QED) is 0.576. The van der Waals surface area contributed by atoms with Crippen molar-refractivity contribution in [2.24, 2.45) is 0 Å². The average Bonchev–Trinajstić information content (AvgIpc) is 2.99. The maximum Gasteiger partial charge on any atom is 0.262 e. The van der Waals surface area contributed by atoms with Gasteiger partial charge in [0.2, 0.25) is 5.91 Å². The molecule has 170 valence electrons. The SMILES string of the molecule is COc1cc(Cl)c(NC(=O)C(CCS(C)(=O)=O)N2C(=O)c3ccccc3C2=O)cc1OC. The summed E-state index contributed by atoms with van der Waals surface area (Å²) in [5, 5.41) is 2.70. The molecule has 0 fully saturated rings. The van der Waals surface area contributed by atoms with E-state index in [2.05, 4.69) is 5.32 Å². The molecule has 1 heterocycles. The second-order valence-electron chi connectivity index (χ2n) is 7.14. The smallest absolute Gasteiger partial charge is 0.262 e. The molecule has 0 aromatic heterocycles. The van der Waals surface area contributed by atoms with E-state index in [1.54, 1.807) is 12.1 Å². The van der Waals surface area contributed by atoms with Crippen LogP contribution in [0, 0.1) is 0 Å². The van der Waals surface area contributed by atoms with Gasteiger partial charge in [-0.25, -0.2) is 8.42 Å². The lowest BCUT2D eigenvalue weighted by Crippen LogP contribution is -2.48. The standard InChI is InChI=1S/C21H21ClN2O7S/c1-30-17-10-14(22)15(11-18(17)31-2)23-19(25)16(8-9-32(3,28)29)24-20(26)12-6-4-5-7-13(12)21(24)27/h4-7,10-11,16H,8-9H2,1-3H3,(H,23,25). The van der Waals surface area contributed by atoms with Crippen LogP contribution in [0.1, 0.15) is 27.1 Å². The van der Waals surface area contributed by atoms with Crippen LogP contribution in [0.25, 0.3) is 0 Å². The number of carbonyl (C=O) groups excluding carboxylic acids is 3. The zero-order chi connectivity index (χ0) is 23.6. The zero-order valence-corrected chi connectivity index (χ0v) is 19.1. The van der Waals surface area contributed by atoms with E-state index in [-0.39, 0.29) is 28.3 Å². The van der Waals surface area contributed by atoms with Gasteiger partial charge in [0.15, 0.2) is 11.5 Å². The molecular formula is C21H21ClN2O7S. The Balaban J connectivity index is 1.96. The van der Waals surface area contributed by atoms with E-state index in [0.717, 1.165) is 11.2 Å². The molecule has 1 aliphatic heterocycles. The molecule has 1 N–H and O–H groups in total. The molecule has 0 bridgehead atoms. The van der Waals surface area contributed by atoms with Crippen LogP contribution in [-0.4, -0.2) is 63.3 Å². The van der Waals surface area contributed by atoms with Crippen molar-refractivity contribution in [3.05, 3.63) is 52.5 Å². The Labute approximate surface area is 190 Å². The average molecular weight is 481 g/mol. The Morgan fingerprint density at radius 2 is 1.59 bits per heavy atom. The lowest BCUT2D eigenvalue weighted by molar-refractivity contribution is -0.120. The minimum atomic E-state index is -3.48. The Morgan fingerprint density at radius 1 is 1.06 bits per heavy atom. The van der Waals surface area contributed by atoms with E-state index in [1.165, 1.54) is 38.5 Å². The zero-order valence-electron chi connectivity index (χ0n) is 17.5. The molecule has 2 aromatic rings. The van der Waals surface area contributed by atoms with Gasteiger partial charge in [0.1, 0.15) is 15.9 Å². The topological polar surface area (TPSA) is 119 Å². The summed E-state index contributed by atoms with van der Waals surface area (Å²) in [5.74, 6) is -1.88. The number of amides is 3. The van der Waals surface area contributed by atoms with E-state index < -0.39 is 39.4 Å². The highest BCUT2D eigenvalue weighted by Gasteiger charge is 2.43. The van der Waals surface area contributed by atoms with E-state index >= 15 is 0 Å². The number of anilines is 1. The summed E-state index contributed by atoms with van der Waals surface area (Å²) in [6.07, 6.45) is 0.733. The number of fused-ring (bicyclic) bond motifs is 1. The number of carbonyl (C=O) groups is 3. The van der Waals surface area contributed by atoms with Crippen molar-refractivity contribution in [3.63, 3.8) is 0 Å². The summed E-state index contributed by atoms with van der Waals surface area (Å²) in [6.45, 7) is 0. The molecule has 1 aliphatic rings. The number of nitrogens with one attached hydrogen (secondary N) is 1. The lowest BCUT2D eigenvalue weighted by atomic mass is 10.1. The van der Waals surface area contributed by atoms with Gasteiger partial charge in [0.05, 0.1) is 41.8 Å². The first-order valence-electron chi connectivity index (χ1n) is 9.44. The van der Waals surface area contributed by atoms with Crippen molar-refractivity contribution in [3.8, 4) is 11.5 Å². The van der Waals surface area contributed by atoms with Crippen molar-refractivity contribution in [1.82, 2.24) is 4.90 Å². The van der Waals surface area contributed by atoms with Gasteiger partial charge in [-0.1, -0.05) is 23.7 Å². The fraction of sp³-hybridized carbons (Fsp3) is 0.286. The number of ether oxygens (including phenoxy) is 2. The van der Waals surface area contributed by atoms with Crippen LogP contribution in [0.2, 0.25) is 5.02 Å². The molecule has 3 rings (SSSR count). The Kier molecular flexibility index (Phi) is 6.75. The Bertz CT molecular complexity index is 1160. The number of hydrogen-bond donors (Lipinski definition) is 1. The second-order valence-corrected chi connectivity index (χ2v) is 9.80. The highest BCUT2D eigenvalue weighted by atomic mass is 35.5. The van der Waals surface area contributed by atoms with Crippen molar-refractivity contribution in [2.75, 3.05) is 31.5 Å². The summed E-state index contributed by atoms with van der Waals surface area (Å²) < 4.78 is 33.9. The van der Waals surface area contributed by atoms with Gasteiger partial charge in [0.25, 0.3) is 11.8 Å². The van der Waals surface area contributed by atoms with E-state index in [4.69, 9.17) is 21.1 Å². The molecule has 1 unspecified atom stereocenters. The van der Waals surface area contributed by atoms with Crippen LogP contribution >= 0.6 is 11.6 Å². The number of nitrogens with zero attached hydrogens (tertiary/aromatic N) is 1. The largest absolute Gasteiger partial charge is 0.493 e. The van der Waals surface area contributed by atoms with Gasteiger partial charge in [-0.05, 0) is 18.6 Å². The van der Waals surface area contributed by atoms with Gasteiger partial charge in [-0.2, -0.15) is 0 Å². The van der Waals surface area contributed by atoms with Gasteiger partial charge < -0.3 is 14.8 Å². The van der Waals surface area contributed by atoms with Gasteiger partial charge in [-0.3, -0.25) is 19.3 Å². The first kappa shape index (κ1) is 23.6. The van der Waals surface area contributed by atoms with Crippen molar-refractivity contribution >= 4 is 44.8 Å². The fourth-order valence-electron chi connectivity index (χ4n) is 3.36. The number of hydrogen-bond acceptors (Lipinski definition) is 7. The van der Waals surface area contributed by atoms with E-state index in [9.17, 15) is 22.8 Å². The maximum absolute atomic E-state index is 13.2. The molecular weight excluding hydrogens is 460 g/mol. The van der Waals surface area contributed by atoms with Crippen LogP contribution in [0.15, 0.2) is 36.4 Å². The number of methoxy groups -OCH3 is 2. The number of sulfone groups is 1. The monoisotopic (exact) mass is 480 g/mol. The third kappa shape index (κ3) is 4.71. The summed E-state index contributed by atoms with van der Waals surface area (Å²) in [6, 6.07) is 7.64. The summed E-state index contributed by atoms with van der Waals surface area (Å²) in [7, 11) is -0.643. The normalized spacial score (nSPS) is 14.2. The molecule has 0 saturated carbocycles. The molecule has 0 spiro atoms. The summed E-state index contributed by atoms with van der Waals surface area (Å²) >= 11 is 6.23. The van der Waals surface area contributed by atoms with Crippen molar-refractivity contribution in [1.29, 1.82) is 0 Å². The molecule has 0 aliphatic carbocycles. The molecule has 2 aromatic carbocycles. The van der Waals surface area contributed by atoms with E-state index in [0.29, 0.717) is 11.5 Å². The minimum Gasteiger partial charge on any atom is -0.493 e. The van der Waals surface area contributed by atoms with Crippen LogP contribution in [0.4, 0.5) is 5.69 Å². The summed E-state index contributed by atoms with van der Waals surface area (Å²) in [5.41, 5.74) is 0.452. The predicted octanol–water partition coefficient (Wildman–Crippen LogP) is 2.40. The number of rotatable bonds is 8. The minimum absolute atomic E-state index is 0.125. The lowest BCUT2D eigenvalue weighted by Gasteiger charge is -2.25. The molecule has 9 nitrogen and oxygen atoms in total. The van der Waals surface area contributed by atoms with Gasteiger partial charge in [0, 0.05) is 18.4 Å². The molecule has 1 atom stereocenters. The third-order valence-electron chi connectivity index (χ3n) is 4.93. The first-order chi connectivity index (χ1) is 15.1. The summed E-state index contributed by atoms with van der Waals surface area (Å²) in [4.78, 5) is 39.8. The van der Waals surface area contributed by atoms with Crippen LogP contribution < -0.4 is 14.8 Å². The van der Waals surface area contributed by atoms with Gasteiger partial charge in [-0.15, -0.1) is 0 Å². The van der Waals surface area contributed by atoms with Crippen LogP contribution in [-0.2, 0) is 14.6 Å². The van der Waals surface area contributed by atoms with Gasteiger partial charge >= 0.3 is 0 Å². The van der Waals surface area contributed by atoms with Crippen molar-refractivity contribution in [2.45, 2.75) is 12.5 Å². The predicted molar refractivity (Wildman–Crippen MR) is 118 cm³/mol. The number of halogens is 1. The third-order valence-corrected chi connectivity index (χ3v) is 6.22. The fourth-order valence-corrected chi connectivity index (χ4v) is 4.21. The van der Waals surface area contributed by atoms with Crippen LogP contribution in [0.5, 0.6) is 11.5 Å². The number of benzene rings is 2. The second kappa shape index (κ2) is 9.17. The molecule has 3 amide bonds. The van der Waals surface area contributed by atoms with Crippen LogP contribution in [0.3, 0.4) is 0 Å². The number of imide groups is 1. The molecule has 0 radical (unpaired) electrons. The van der Waals surface area contributed by atoms with E-state index in [1.807, 2.05) is 0 Å².